The number of aromatic nitrogens is 2. The highest BCUT2D eigenvalue weighted by Crippen LogP contribution is 2.20. The van der Waals surface area contributed by atoms with Crippen LogP contribution in [0.1, 0.15) is 38.3 Å². The zero-order valence-electron chi connectivity index (χ0n) is 17.0. The van der Waals surface area contributed by atoms with E-state index in [1.54, 1.807) is 6.20 Å². The van der Waals surface area contributed by atoms with E-state index in [0.717, 1.165) is 37.6 Å². The molecule has 29 heavy (non-hydrogen) atoms. The summed E-state index contributed by atoms with van der Waals surface area (Å²) in [5.41, 5.74) is 1.10. The molecule has 3 rings (SSSR count). The lowest BCUT2D eigenvalue weighted by atomic mass is 10.1. The first-order valence-corrected chi connectivity index (χ1v) is 10.6. The Balaban J connectivity index is 1.71. The van der Waals surface area contributed by atoms with Crippen LogP contribution in [0, 0.1) is 0 Å². The molecule has 1 aromatic heterocycles. The molecule has 2 atom stereocenters. The van der Waals surface area contributed by atoms with Crippen LogP contribution in [-0.4, -0.2) is 58.8 Å². The van der Waals surface area contributed by atoms with Gasteiger partial charge in [0, 0.05) is 49.5 Å². The number of carbonyl (C=O) groups excluding carboxylic acids is 1. The van der Waals surface area contributed by atoms with Crippen LogP contribution in [0.15, 0.2) is 47.7 Å². The summed E-state index contributed by atoms with van der Waals surface area (Å²) < 4.78 is 1.91. The molecule has 0 bridgehead atoms. The third kappa shape index (κ3) is 5.73. The van der Waals surface area contributed by atoms with Crippen LogP contribution in [0.5, 0.6) is 0 Å². The van der Waals surface area contributed by atoms with E-state index in [2.05, 4.69) is 15.7 Å². The fraction of sp³-hybridized carbons (Fsp3) is 0.476. The largest absolute Gasteiger partial charge is 0.357 e. The SMILES string of the molecule is CCNC(=NCC(c1ccc(Cl)cc1)n1cccn1)NC1CCN(C(=O)CC)C1. The molecule has 2 aromatic rings. The molecule has 2 heterocycles. The third-order valence-corrected chi connectivity index (χ3v) is 5.30. The van der Waals surface area contributed by atoms with Gasteiger partial charge in [-0.2, -0.15) is 5.10 Å². The minimum absolute atomic E-state index is 0.0283. The van der Waals surface area contributed by atoms with Crippen molar-refractivity contribution in [1.82, 2.24) is 25.3 Å². The molecule has 1 aromatic carbocycles. The van der Waals surface area contributed by atoms with E-state index in [-0.39, 0.29) is 18.0 Å². The van der Waals surface area contributed by atoms with E-state index in [1.807, 2.05) is 60.0 Å². The Hall–Kier alpha value is -2.54. The van der Waals surface area contributed by atoms with E-state index in [4.69, 9.17) is 16.6 Å². The Morgan fingerprint density at radius 2 is 2.14 bits per heavy atom. The second-order valence-electron chi connectivity index (χ2n) is 7.10. The summed E-state index contributed by atoms with van der Waals surface area (Å²) in [5, 5.41) is 11.9. The second kappa shape index (κ2) is 10.3. The Kier molecular flexibility index (Phi) is 7.52. The molecular weight excluding hydrogens is 388 g/mol. The van der Waals surface area contributed by atoms with Gasteiger partial charge in [-0.05, 0) is 37.1 Å². The van der Waals surface area contributed by atoms with Gasteiger partial charge in [-0.25, -0.2) is 0 Å². The predicted molar refractivity (Wildman–Crippen MR) is 116 cm³/mol. The van der Waals surface area contributed by atoms with Crippen LogP contribution in [0.3, 0.4) is 0 Å². The smallest absolute Gasteiger partial charge is 0.222 e. The first-order chi connectivity index (χ1) is 14.1. The maximum Gasteiger partial charge on any atom is 0.222 e. The van der Waals surface area contributed by atoms with Gasteiger partial charge in [0.1, 0.15) is 0 Å². The fourth-order valence-corrected chi connectivity index (χ4v) is 3.64. The van der Waals surface area contributed by atoms with Gasteiger partial charge in [0.2, 0.25) is 5.91 Å². The van der Waals surface area contributed by atoms with Crippen molar-refractivity contribution < 1.29 is 4.79 Å². The molecule has 1 fully saturated rings. The monoisotopic (exact) mass is 416 g/mol. The molecule has 0 aliphatic carbocycles. The number of nitrogens with zero attached hydrogens (tertiary/aromatic N) is 4. The zero-order valence-corrected chi connectivity index (χ0v) is 17.8. The van der Waals surface area contributed by atoms with Crippen LogP contribution in [0.2, 0.25) is 5.02 Å². The number of benzene rings is 1. The van der Waals surface area contributed by atoms with E-state index < -0.39 is 0 Å². The number of nitrogens with one attached hydrogen (secondary N) is 2. The third-order valence-electron chi connectivity index (χ3n) is 5.05. The van der Waals surface area contributed by atoms with Crippen molar-refractivity contribution in [2.45, 2.75) is 38.8 Å². The molecule has 156 valence electrons. The van der Waals surface area contributed by atoms with E-state index >= 15 is 0 Å². The van der Waals surface area contributed by atoms with Crippen LogP contribution in [0.4, 0.5) is 0 Å². The average Bonchev–Trinajstić information content (AvgIpc) is 3.41. The second-order valence-corrected chi connectivity index (χ2v) is 7.53. The molecule has 0 saturated carbocycles. The van der Waals surface area contributed by atoms with Crippen molar-refractivity contribution in [2.24, 2.45) is 4.99 Å². The highest BCUT2D eigenvalue weighted by molar-refractivity contribution is 6.30. The first kappa shape index (κ1) is 21.2. The Morgan fingerprint density at radius 1 is 1.34 bits per heavy atom. The molecule has 1 aliphatic rings. The van der Waals surface area contributed by atoms with E-state index in [9.17, 15) is 4.79 Å². The number of rotatable bonds is 7. The topological polar surface area (TPSA) is 74.6 Å². The lowest BCUT2D eigenvalue weighted by Gasteiger charge is -2.20. The van der Waals surface area contributed by atoms with Gasteiger partial charge in [0.15, 0.2) is 5.96 Å². The molecule has 1 amide bonds. The standard InChI is InChI=1S/C21H29ClN6O/c1-3-20(29)27-13-10-18(15-27)26-21(23-4-2)24-14-19(28-12-5-11-25-28)16-6-8-17(22)9-7-16/h5-9,11-12,18-19H,3-4,10,13-15H2,1-2H3,(H2,23,24,26). The van der Waals surface area contributed by atoms with Crippen molar-refractivity contribution >= 4 is 23.5 Å². The summed E-state index contributed by atoms with van der Waals surface area (Å²) in [6.07, 6.45) is 5.19. The van der Waals surface area contributed by atoms with Gasteiger partial charge in [0.05, 0.1) is 12.6 Å². The van der Waals surface area contributed by atoms with Gasteiger partial charge in [0.25, 0.3) is 0 Å². The lowest BCUT2D eigenvalue weighted by Crippen LogP contribution is -2.45. The maximum absolute atomic E-state index is 11.9. The highest BCUT2D eigenvalue weighted by atomic mass is 35.5. The van der Waals surface area contributed by atoms with E-state index in [0.29, 0.717) is 18.0 Å². The maximum atomic E-state index is 11.9. The molecular formula is C21H29ClN6O. The Bertz CT molecular complexity index is 805. The fourth-order valence-electron chi connectivity index (χ4n) is 3.51. The lowest BCUT2D eigenvalue weighted by molar-refractivity contribution is -0.129. The van der Waals surface area contributed by atoms with Crippen molar-refractivity contribution in [3.05, 3.63) is 53.3 Å². The number of hydrogen-bond donors (Lipinski definition) is 2. The van der Waals surface area contributed by atoms with Gasteiger partial charge in [-0.1, -0.05) is 30.7 Å². The van der Waals surface area contributed by atoms with Crippen molar-refractivity contribution in [3.8, 4) is 0 Å². The van der Waals surface area contributed by atoms with Crippen molar-refractivity contribution in [1.29, 1.82) is 0 Å². The molecule has 2 unspecified atom stereocenters. The average molecular weight is 417 g/mol. The van der Waals surface area contributed by atoms with Crippen molar-refractivity contribution in [3.63, 3.8) is 0 Å². The predicted octanol–water partition coefficient (Wildman–Crippen LogP) is 2.69. The van der Waals surface area contributed by atoms with Crippen molar-refractivity contribution in [2.75, 3.05) is 26.2 Å². The normalized spacial score (nSPS) is 18.0. The van der Waals surface area contributed by atoms with E-state index in [1.165, 1.54) is 0 Å². The quantitative estimate of drug-likeness (QED) is 0.537. The molecule has 8 heteroatoms. The minimum Gasteiger partial charge on any atom is -0.357 e. The number of halogens is 1. The molecule has 1 saturated heterocycles. The summed E-state index contributed by atoms with van der Waals surface area (Å²) in [6, 6.07) is 9.89. The molecule has 0 spiro atoms. The summed E-state index contributed by atoms with van der Waals surface area (Å²) in [6.45, 7) is 6.76. The highest BCUT2D eigenvalue weighted by Gasteiger charge is 2.26. The number of guanidine groups is 1. The molecule has 0 radical (unpaired) electrons. The van der Waals surface area contributed by atoms with Gasteiger partial charge < -0.3 is 15.5 Å². The summed E-state index contributed by atoms with van der Waals surface area (Å²) >= 11 is 6.05. The number of likely N-dealkylation sites (tertiary alicyclic amines) is 1. The number of hydrogen-bond acceptors (Lipinski definition) is 3. The summed E-state index contributed by atoms with van der Waals surface area (Å²) in [7, 11) is 0. The van der Waals surface area contributed by atoms with Gasteiger partial charge in [-0.3, -0.25) is 14.5 Å². The first-order valence-electron chi connectivity index (χ1n) is 10.2. The molecule has 1 aliphatic heterocycles. The van der Waals surface area contributed by atoms with Crippen LogP contribution in [-0.2, 0) is 4.79 Å². The summed E-state index contributed by atoms with van der Waals surface area (Å²) in [5.74, 6) is 0.965. The van der Waals surface area contributed by atoms with Gasteiger partial charge >= 0.3 is 0 Å². The van der Waals surface area contributed by atoms with Gasteiger partial charge in [-0.15, -0.1) is 0 Å². The number of carbonyl (C=O) groups is 1. The zero-order chi connectivity index (χ0) is 20.6. The molecule has 7 nitrogen and oxygen atoms in total. The van der Waals surface area contributed by atoms with Crippen LogP contribution >= 0.6 is 11.6 Å². The van der Waals surface area contributed by atoms with Crippen LogP contribution < -0.4 is 10.6 Å². The number of aliphatic imine (C=N–C) groups is 1. The number of amides is 1. The molecule has 2 N–H and O–H groups in total. The minimum atomic E-state index is -0.0283. The Labute approximate surface area is 177 Å². The van der Waals surface area contributed by atoms with Crippen LogP contribution in [0.25, 0.3) is 0 Å². The summed E-state index contributed by atoms with van der Waals surface area (Å²) in [4.78, 5) is 18.7. The Morgan fingerprint density at radius 3 is 2.79 bits per heavy atom.